The van der Waals surface area contributed by atoms with Crippen LogP contribution in [0.15, 0.2) is 29.2 Å². The fraction of sp³-hybridized carbons (Fsp3) is 0.471. The molecular formula is C17H24N2O5S. The number of benzene rings is 1. The highest BCUT2D eigenvalue weighted by Crippen LogP contribution is 2.15. The molecule has 0 heterocycles. The second kappa shape index (κ2) is 10.6. The first-order chi connectivity index (χ1) is 11.8. The first-order valence-corrected chi connectivity index (χ1v) is 9.39. The standard InChI is InChI=1S/C17H24N2O5S/c1-4-25(23)14-8-6-5-7-13(14)16(21)24-11-15(20)19-17(22)18-10-9-12(2)3/h5-8,12H,4,9-11H2,1-3H3,(H2,18,19,20,22)/t25-/m0/s1. The van der Waals surface area contributed by atoms with Crippen LogP contribution < -0.4 is 10.6 Å². The van der Waals surface area contributed by atoms with Gasteiger partial charge in [0, 0.05) is 12.3 Å². The van der Waals surface area contributed by atoms with E-state index < -0.39 is 35.3 Å². The van der Waals surface area contributed by atoms with E-state index >= 15 is 0 Å². The van der Waals surface area contributed by atoms with Crippen molar-refractivity contribution in [3.05, 3.63) is 29.8 Å². The number of hydrogen-bond acceptors (Lipinski definition) is 5. The molecule has 0 fully saturated rings. The van der Waals surface area contributed by atoms with Gasteiger partial charge in [0.05, 0.1) is 21.3 Å². The lowest BCUT2D eigenvalue weighted by atomic mass is 10.1. The molecule has 0 aliphatic heterocycles. The van der Waals surface area contributed by atoms with Gasteiger partial charge >= 0.3 is 12.0 Å². The third-order valence-corrected chi connectivity index (χ3v) is 4.58. The van der Waals surface area contributed by atoms with Crippen LogP contribution in [0.3, 0.4) is 0 Å². The summed E-state index contributed by atoms with van der Waals surface area (Å²) in [5.74, 6) is -0.690. The van der Waals surface area contributed by atoms with Gasteiger partial charge in [-0.1, -0.05) is 32.9 Å². The molecule has 0 aliphatic carbocycles. The molecule has 0 bridgehead atoms. The molecule has 1 atom stereocenters. The maximum absolute atomic E-state index is 12.1. The highest BCUT2D eigenvalue weighted by molar-refractivity contribution is 7.85. The van der Waals surface area contributed by atoms with Gasteiger partial charge in [0.2, 0.25) is 0 Å². The number of amides is 3. The van der Waals surface area contributed by atoms with E-state index in [0.29, 0.717) is 23.1 Å². The van der Waals surface area contributed by atoms with Crippen molar-refractivity contribution in [1.82, 2.24) is 10.6 Å². The lowest BCUT2D eigenvalue weighted by Crippen LogP contribution is -2.42. The summed E-state index contributed by atoms with van der Waals surface area (Å²) in [5, 5.41) is 4.63. The number of carbonyl (C=O) groups is 3. The molecule has 25 heavy (non-hydrogen) atoms. The Labute approximate surface area is 150 Å². The number of ether oxygens (including phenoxy) is 1. The topological polar surface area (TPSA) is 102 Å². The molecule has 1 aromatic rings. The van der Waals surface area contributed by atoms with Crippen LogP contribution >= 0.6 is 0 Å². The number of urea groups is 1. The van der Waals surface area contributed by atoms with E-state index in [1.54, 1.807) is 25.1 Å². The average molecular weight is 368 g/mol. The maximum atomic E-state index is 12.1. The summed E-state index contributed by atoms with van der Waals surface area (Å²) < 4.78 is 16.8. The van der Waals surface area contributed by atoms with Crippen molar-refractivity contribution in [3.8, 4) is 0 Å². The highest BCUT2D eigenvalue weighted by Gasteiger charge is 2.17. The molecular weight excluding hydrogens is 344 g/mol. The molecule has 1 rings (SSSR count). The Bertz CT molecular complexity index is 646. The van der Waals surface area contributed by atoms with Crippen molar-refractivity contribution in [3.63, 3.8) is 0 Å². The minimum absolute atomic E-state index is 0.150. The number of imide groups is 1. The molecule has 0 spiro atoms. The molecule has 0 radical (unpaired) electrons. The summed E-state index contributed by atoms with van der Waals surface area (Å²) in [7, 11) is -1.32. The molecule has 1 aromatic carbocycles. The van der Waals surface area contributed by atoms with Crippen LogP contribution in [0.5, 0.6) is 0 Å². The second-order valence-electron chi connectivity index (χ2n) is 5.69. The maximum Gasteiger partial charge on any atom is 0.339 e. The molecule has 138 valence electrons. The second-order valence-corrected chi connectivity index (χ2v) is 7.40. The van der Waals surface area contributed by atoms with Crippen LogP contribution in [0.1, 0.15) is 37.6 Å². The van der Waals surface area contributed by atoms with Crippen molar-refractivity contribution in [2.75, 3.05) is 18.9 Å². The zero-order valence-corrected chi connectivity index (χ0v) is 15.5. The minimum Gasteiger partial charge on any atom is -0.452 e. The predicted octanol–water partition coefficient (Wildman–Crippen LogP) is 1.84. The van der Waals surface area contributed by atoms with Crippen molar-refractivity contribution in [2.24, 2.45) is 5.92 Å². The van der Waals surface area contributed by atoms with Crippen molar-refractivity contribution >= 4 is 28.7 Å². The van der Waals surface area contributed by atoms with Crippen LogP contribution in [-0.4, -0.2) is 41.0 Å². The SMILES string of the molecule is CC[S@](=O)c1ccccc1C(=O)OCC(=O)NC(=O)NCCC(C)C. The zero-order valence-electron chi connectivity index (χ0n) is 14.7. The summed E-state index contributed by atoms with van der Waals surface area (Å²) in [5.41, 5.74) is 0.150. The number of nitrogens with one attached hydrogen (secondary N) is 2. The van der Waals surface area contributed by atoms with E-state index in [9.17, 15) is 18.6 Å². The summed E-state index contributed by atoms with van der Waals surface area (Å²) in [6.45, 7) is 5.64. The van der Waals surface area contributed by atoms with Crippen molar-refractivity contribution < 1.29 is 23.3 Å². The minimum atomic E-state index is -1.32. The van der Waals surface area contributed by atoms with E-state index in [1.807, 2.05) is 13.8 Å². The molecule has 0 unspecified atom stereocenters. The van der Waals surface area contributed by atoms with E-state index in [2.05, 4.69) is 10.6 Å². The van der Waals surface area contributed by atoms with Crippen LogP contribution in [0, 0.1) is 5.92 Å². The van der Waals surface area contributed by atoms with Gasteiger partial charge in [-0.2, -0.15) is 0 Å². The molecule has 2 N–H and O–H groups in total. The van der Waals surface area contributed by atoms with Gasteiger partial charge in [0.25, 0.3) is 5.91 Å². The van der Waals surface area contributed by atoms with Crippen LogP contribution in [0.2, 0.25) is 0 Å². The fourth-order valence-electron chi connectivity index (χ4n) is 1.88. The van der Waals surface area contributed by atoms with E-state index in [0.717, 1.165) is 6.42 Å². The Kier molecular flexibility index (Phi) is 8.83. The zero-order chi connectivity index (χ0) is 18.8. The smallest absolute Gasteiger partial charge is 0.339 e. The third kappa shape index (κ3) is 7.47. The molecule has 8 heteroatoms. The van der Waals surface area contributed by atoms with Crippen LogP contribution in [0.4, 0.5) is 4.79 Å². The Morgan fingerprint density at radius 2 is 1.88 bits per heavy atom. The summed E-state index contributed by atoms with van der Waals surface area (Å²) >= 11 is 0. The molecule has 7 nitrogen and oxygen atoms in total. The monoisotopic (exact) mass is 368 g/mol. The van der Waals surface area contributed by atoms with E-state index in [4.69, 9.17) is 4.74 Å². The van der Waals surface area contributed by atoms with Gasteiger partial charge in [-0.25, -0.2) is 9.59 Å². The fourth-order valence-corrected chi connectivity index (χ4v) is 2.82. The summed E-state index contributed by atoms with van der Waals surface area (Å²) in [6, 6.07) is 5.73. The molecule has 0 saturated heterocycles. The Morgan fingerprint density at radius 1 is 1.20 bits per heavy atom. The van der Waals surface area contributed by atoms with Gasteiger partial charge in [-0.15, -0.1) is 0 Å². The normalized spacial score (nSPS) is 11.7. The number of esters is 1. The number of hydrogen-bond donors (Lipinski definition) is 2. The Morgan fingerprint density at radius 3 is 2.52 bits per heavy atom. The third-order valence-electron chi connectivity index (χ3n) is 3.21. The van der Waals surface area contributed by atoms with Gasteiger partial charge in [0.1, 0.15) is 0 Å². The average Bonchev–Trinajstić information content (AvgIpc) is 2.58. The summed E-state index contributed by atoms with van der Waals surface area (Å²) in [6.07, 6.45) is 0.794. The van der Waals surface area contributed by atoms with Gasteiger partial charge in [-0.3, -0.25) is 14.3 Å². The Balaban J connectivity index is 2.50. The van der Waals surface area contributed by atoms with E-state index in [1.165, 1.54) is 6.07 Å². The van der Waals surface area contributed by atoms with Crippen molar-refractivity contribution in [1.29, 1.82) is 0 Å². The van der Waals surface area contributed by atoms with Gasteiger partial charge < -0.3 is 10.1 Å². The van der Waals surface area contributed by atoms with Crippen molar-refractivity contribution in [2.45, 2.75) is 32.1 Å². The predicted molar refractivity (Wildman–Crippen MR) is 94.7 cm³/mol. The highest BCUT2D eigenvalue weighted by atomic mass is 32.2. The van der Waals surface area contributed by atoms with Crippen LogP contribution in [0.25, 0.3) is 0 Å². The summed E-state index contributed by atoms with van der Waals surface area (Å²) in [4.78, 5) is 35.6. The Hall–Kier alpha value is -2.22. The lowest BCUT2D eigenvalue weighted by Gasteiger charge is -2.10. The molecule has 0 saturated carbocycles. The molecule has 0 aliphatic rings. The van der Waals surface area contributed by atoms with Crippen LogP contribution in [-0.2, 0) is 20.3 Å². The molecule has 3 amide bonds. The van der Waals surface area contributed by atoms with Gasteiger partial charge in [-0.05, 0) is 24.5 Å². The largest absolute Gasteiger partial charge is 0.452 e. The van der Waals surface area contributed by atoms with E-state index in [-0.39, 0.29) is 5.56 Å². The first-order valence-electron chi connectivity index (χ1n) is 8.07. The number of carbonyl (C=O) groups excluding carboxylic acids is 3. The first kappa shape index (κ1) is 20.8. The van der Waals surface area contributed by atoms with Gasteiger partial charge in [0.15, 0.2) is 6.61 Å². The lowest BCUT2D eigenvalue weighted by molar-refractivity contribution is -0.123. The quantitative estimate of drug-likeness (QED) is 0.682. The molecule has 0 aromatic heterocycles. The number of rotatable bonds is 8.